The molecule has 0 unspecified atom stereocenters. The van der Waals surface area contributed by atoms with Gasteiger partial charge in [0.15, 0.2) is 0 Å². The van der Waals surface area contributed by atoms with Crippen LogP contribution in [0.4, 0.5) is 0 Å². The van der Waals surface area contributed by atoms with Crippen molar-refractivity contribution in [2.45, 2.75) is 6.92 Å². The molecule has 0 aliphatic rings. The zero-order valence-corrected chi connectivity index (χ0v) is 5.85. The van der Waals surface area contributed by atoms with Gasteiger partial charge in [-0.3, -0.25) is 0 Å². The second-order valence-corrected chi connectivity index (χ2v) is 1.25. The summed E-state index contributed by atoms with van der Waals surface area (Å²) < 4.78 is 0. The second kappa shape index (κ2) is 10.2. The number of carbonyl (C=O) groups is 1. The fourth-order valence-electron chi connectivity index (χ4n) is 0. The van der Waals surface area contributed by atoms with Gasteiger partial charge < -0.3 is 10.4 Å². The van der Waals surface area contributed by atoms with Crippen LogP contribution in [0.2, 0.25) is 0 Å². The van der Waals surface area contributed by atoms with E-state index in [0.29, 0.717) is 0 Å². The lowest BCUT2D eigenvalue weighted by Crippen LogP contribution is -2.01. The number of aliphatic carboxylic acids is 1. The molecule has 3 nitrogen and oxygen atoms in total. The highest BCUT2D eigenvalue weighted by molar-refractivity contribution is 5.78. The zero-order chi connectivity index (χ0) is 7.70. The van der Waals surface area contributed by atoms with Gasteiger partial charge in [-0.05, 0) is 13.6 Å². The van der Waals surface area contributed by atoms with E-state index in [4.69, 9.17) is 5.11 Å². The van der Waals surface area contributed by atoms with Gasteiger partial charge in [0, 0.05) is 6.08 Å². The van der Waals surface area contributed by atoms with Crippen LogP contribution in [0, 0.1) is 0 Å². The van der Waals surface area contributed by atoms with Gasteiger partial charge in [0.05, 0.1) is 0 Å². The molecule has 9 heavy (non-hydrogen) atoms. The first kappa shape index (κ1) is 11.0. The summed E-state index contributed by atoms with van der Waals surface area (Å²) in [7, 11) is 1.93. The van der Waals surface area contributed by atoms with E-state index < -0.39 is 5.97 Å². The van der Waals surface area contributed by atoms with Gasteiger partial charge in [-0.2, -0.15) is 0 Å². The summed E-state index contributed by atoms with van der Waals surface area (Å²) in [4.78, 5) is 9.25. The Morgan fingerprint density at radius 1 is 1.89 bits per heavy atom. The van der Waals surface area contributed by atoms with Crippen LogP contribution in [-0.2, 0) is 4.79 Å². The van der Waals surface area contributed by atoms with Gasteiger partial charge in [0.1, 0.15) is 0 Å². The fraction of sp³-hybridized carbons (Fsp3) is 0.500. The lowest BCUT2D eigenvalue weighted by molar-refractivity contribution is -0.131. The highest BCUT2D eigenvalue weighted by Crippen LogP contribution is 1.54. The van der Waals surface area contributed by atoms with Crippen LogP contribution in [0.5, 0.6) is 0 Å². The van der Waals surface area contributed by atoms with Crippen molar-refractivity contribution in [3.63, 3.8) is 0 Å². The minimum Gasteiger partial charge on any atom is -0.478 e. The fourth-order valence-corrected chi connectivity index (χ4v) is 0. The van der Waals surface area contributed by atoms with Crippen molar-refractivity contribution in [1.82, 2.24) is 5.32 Å². The molecule has 0 saturated carbocycles. The van der Waals surface area contributed by atoms with E-state index in [9.17, 15) is 4.79 Å². The molecule has 0 aromatic heterocycles. The summed E-state index contributed by atoms with van der Waals surface area (Å²) in [5.41, 5.74) is 0. The molecule has 0 radical (unpaired) electrons. The van der Waals surface area contributed by atoms with Crippen LogP contribution < -0.4 is 5.32 Å². The standard InChI is InChI=1S/C3H9N.C3H4O2/c1-3-4-2;1-2-3(4)5/h4H,3H2,1-2H3;2H,1H2,(H,4,5). The van der Waals surface area contributed by atoms with Crippen molar-refractivity contribution in [2.24, 2.45) is 0 Å². The van der Waals surface area contributed by atoms with Crippen LogP contribution in [0.25, 0.3) is 0 Å². The van der Waals surface area contributed by atoms with Crippen molar-refractivity contribution in [3.05, 3.63) is 12.7 Å². The summed E-state index contributed by atoms with van der Waals surface area (Å²) in [5, 5.41) is 10.5. The van der Waals surface area contributed by atoms with Crippen molar-refractivity contribution in [2.75, 3.05) is 13.6 Å². The van der Waals surface area contributed by atoms with E-state index in [1.54, 1.807) is 0 Å². The largest absolute Gasteiger partial charge is 0.478 e. The molecule has 3 heteroatoms. The molecule has 0 bridgehead atoms. The predicted octanol–water partition coefficient (Wildman–Crippen LogP) is 0.483. The molecule has 54 valence electrons. The number of hydrogen-bond acceptors (Lipinski definition) is 2. The summed E-state index contributed by atoms with van der Waals surface area (Å²) in [5.74, 6) is -0.981. The lowest BCUT2D eigenvalue weighted by Gasteiger charge is -1.76. The SMILES string of the molecule is C=CC(=O)O.CCNC. The number of carboxylic acids is 1. The number of nitrogens with one attached hydrogen (secondary N) is 1. The van der Waals surface area contributed by atoms with E-state index in [1.165, 1.54) is 0 Å². The summed E-state index contributed by atoms with van der Waals surface area (Å²) in [6.07, 6.45) is 0.833. The Balaban J connectivity index is 0. The van der Waals surface area contributed by atoms with Crippen molar-refractivity contribution in [3.8, 4) is 0 Å². The average molecular weight is 131 g/mol. The second-order valence-electron chi connectivity index (χ2n) is 1.25. The third-order valence-electron chi connectivity index (χ3n) is 0.528. The molecule has 0 atom stereocenters. The molecular weight excluding hydrogens is 118 g/mol. The zero-order valence-electron chi connectivity index (χ0n) is 5.85. The first-order valence-electron chi connectivity index (χ1n) is 2.69. The number of rotatable bonds is 2. The normalized spacial score (nSPS) is 6.89. The molecular formula is C6H13NO2. The van der Waals surface area contributed by atoms with Crippen LogP contribution in [0.1, 0.15) is 6.92 Å². The Labute approximate surface area is 55.4 Å². The highest BCUT2D eigenvalue weighted by Gasteiger charge is 1.73. The first-order chi connectivity index (χ1) is 4.18. The topological polar surface area (TPSA) is 49.3 Å². The third kappa shape index (κ3) is 40.7. The lowest BCUT2D eigenvalue weighted by atomic mass is 10.7. The molecule has 0 aromatic carbocycles. The van der Waals surface area contributed by atoms with E-state index >= 15 is 0 Å². The van der Waals surface area contributed by atoms with Crippen molar-refractivity contribution >= 4 is 5.97 Å². The summed E-state index contributed by atoms with van der Waals surface area (Å²) in [6, 6.07) is 0. The Kier molecular flexibility index (Phi) is 12.5. The maximum Gasteiger partial charge on any atom is 0.327 e. The Hall–Kier alpha value is -0.830. The average Bonchev–Trinajstić information content (AvgIpc) is 1.89. The van der Waals surface area contributed by atoms with Gasteiger partial charge in [0.25, 0.3) is 0 Å². The molecule has 0 aliphatic heterocycles. The van der Waals surface area contributed by atoms with Crippen LogP contribution in [0.3, 0.4) is 0 Å². The minimum absolute atomic E-state index is 0.833. The molecule has 0 spiro atoms. The molecule has 0 saturated heterocycles. The van der Waals surface area contributed by atoms with E-state index in [1.807, 2.05) is 7.05 Å². The highest BCUT2D eigenvalue weighted by atomic mass is 16.4. The number of carboxylic acid groups (broad SMARTS) is 1. The van der Waals surface area contributed by atoms with Crippen molar-refractivity contribution in [1.29, 1.82) is 0 Å². The van der Waals surface area contributed by atoms with E-state index in [-0.39, 0.29) is 0 Å². The van der Waals surface area contributed by atoms with Gasteiger partial charge in [0.2, 0.25) is 0 Å². The van der Waals surface area contributed by atoms with E-state index in [2.05, 4.69) is 18.8 Å². The quantitative estimate of drug-likeness (QED) is 0.536. The van der Waals surface area contributed by atoms with Gasteiger partial charge >= 0.3 is 5.97 Å². The van der Waals surface area contributed by atoms with Gasteiger partial charge in [-0.25, -0.2) is 4.79 Å². The molecule has 0 aliphatic carbocycles. The monoisotopic (exact) mass is 131 g/mol. The molecule has 0 heterocycles. The molecule has 0 aromatic rings. The predicted molar refractivity (Wildman–Crippen MR) is 37.4 cm³/mol. The number of hydrogen-bond donors (Lipinski definition) is 2. The smallest absolute Gasteiger partial charge is 0.327 e. The van der Waals surface area contributed by atoms with Crippen LogP contribution in [0.15, 0.2) is 12.7 Å². The maximum atomic E-state index is 9.25. The van der Waals surface area contributed by atoms with E-state index in [0.717, 1.165) is 12.6 Å². The molecule has 0 amide bonds. The van der Waals surface area contributed by atoms with Gasteiger partial charge in [-0.15, -0.1) is 0 Å². The van der Waals surface area contributed by atoms with Crippen LogP contribution >= 0.6 is 0 Å². The molecule has 0 fully saturated rings. The summed E-state index contributed by atoms with van der Waals surface area (Å²) >= 11 is 0. The maximum absolute atomic E-state index is 9.25. The third-order valence-corrected chi connectivity index (χ3v) is 0.528. The van der Waals surface area contributed by atoms with Crippen LogP contribution in [-0.4, -0.2) is 24.7 Å². The van der Waals surface area contributed by atoms with Crippen molar-refractivity contribution < 1.29 is 9.90 Å². The Bertz CT molecular complexity index is 79.1. The molecule has 2 N–H and O–H groups in total. The minimum atomic E-state index is -0.981. The summed E-state index contributed by atoms with van der Waals surface area (Å²) in [6.45, 7) is 6.10. The van der Waals surface area contributed by atoms with Gasteiger partial charge in [-0.1, -0.05) is 13.5 Å². The Morgan fingerprint density at radius 3 is 2.11 bits per heavy atom. The first-order valence-corrected chi connectivity index (χ1v) is 2.69. The molecule has 0 rings (SSSR count). The Morgan fingerprint density at radius 2 is 2.11 bits per heavy atom.